The quantitative estimate of drug-likeness (QED) is 0.540. The second-order valence-electron chi connectivity index (χ2n) is 2.98. The summed E-state index contributed by atoms with van der Waals surface area (Å²) in [6.45, 7) is 8.02. The Labute approximate surface area is 93.5 Å². The Bertz CT molecular complexity index is 232. The van der Waals surface area contributed by atoms with Crippen molar-refractivity contribution in [1.29, 1.82) is 0 Å². The van der Waals surface area contributed by atoms with Gasteiger partial charge in [-0.05, 0) is 13.8 Å². The van der Waals surface area contributed by atoms with E-state index in [1.165, 1.54) is 5.57 Å². The topological polar surface area (TPSA) is 0 Å². The molecule has 1 rings (SSSR count). The molecule has 0 N–H and O–H groups in total. The largest absolute Gasteiger partial charge is 0.0959 e. The minimum Gasteiger partial charge on any atom is -0.0959 e. The molecule has 0 saturated heterocycles. The van der Waals surface area contributed by atoms with Gasteiger partial charge in [-0.3, -0.25) is 0 Å². The van der Waals surface area contributed by atoms with Crippen LogP contribution in [0.15, 0.2) is 48.1 Å². The van der Waals surface area contributed by atoms with Gasteiger partial charge < -0.3 is 0 Å². The van der Waals surface area contributed by atoms with E-state index in [-0.39, 0.29) is 25.8 Å². The SMILES string of the molecule is C=C(C)C(C)=CC1C=CC=C1.[Hf]. The smallest absolute Gasteiger partial charge is 0.0139 e. The normalized spacial score (nSPS) is 16.3. The summed E-state index contributed by atoms with van der Waals surface area (Å²) in [7, 11) is 0. The van der Waals surface area contributed by atoms with E-state index >= 15 is 0 Å². The molecule has 0 nitrogen and oxygen atoms in total. The minimum absolute atomic E-state index is 0. The van der Waals surface area contributed by atoms with Gasteiger partial charge in [0.1, 0.15) is 0 Å². The maximum absolute atomic E-state index is 3.88. The first kappa shape index (κ1) is 11.8. The van der Waals surface area contributed by atoms with Crippen molar-refractivity contribution in [3.63, 3.8) is 0 Å². The van der Waals surface area contributed by atoms with Gasteiger partial charge in [0.25, 0.3) is 0 Å². The van der Waals surface area contributed by atoms with Crippen LogP contribution in [0.4, 0.5) is 0 Å². The fourth-order valence-electron chi connectivity index (χ4n) is 0.991. The molecule has 1 aliphatic carbocycles. The Morgan fingerprint density at radius 1 is 1.25 bits per heavy atom. The Hall–Kier alpha value is -0.170. The van der Waals surface area contributed by atoms with Crippen LogP contribution in [-0.4, -0.2) is 0 Å². The zero-order valence-electron chi connectivity index (χ0n) is 7.67. The van der Waals surface area contributed by atoms with E-state index in [0.29, 0.717) is 5.92 Å². The van der Waals surface area contributed by atoms with Crippen LogP contribution in [0.1, 0.15) is 13.8 Å². The summed E-state index contributed by atoms with van der Waals surface area (Å²) in [5.41, 5.74) is 2.44. The van der Waals surface area contributed by atoms with Gasteiger partial charge in [0.15, 0.2) is 0 Å². The third-order valence-electron chi connectivity index (χ3n) is 1.89. The summed E-state index contributed by atoms with van der Waals surface area (Å²) in [6.07, 6.45) is 10.7. The van der Waals surface area contributed by atoms with E-state index < -0.39 is 0 Å². The number of rotatable bonds is 2. The van der Waals surface area contributed by atoms with Crippen molar-refractivity contribution in [2.45, 2.75) is 13.8 Å². The third-order valence-corrected chi connectivity index (χ3v) is 1.89. The molecule has 0 bridgehead atoms. The van der Waals surface area contributed by atoms with E-state index in [2.05, 4.69) is 43.9 Å². The van der Waals surface area contributed by atoms with Crippen molar-refractivity contribution >= 4 is 0 Å². The summed E-state index contributed by atoms with van der Waals surface area (Å²) in [6, 6.07) is 0. The first-order valence-corrected chi connectivity index (χ1v) is 3.89. The second-order valence-corrected chi connectivity index (χ2v) is 2.98. The van der Waals surface area contributed by atoms with Crippen molar-refractivity contribution in [3.05, 3.63) is 48.1 Å². The van der Waals surface area contributed by atoms with Gasteiger partial charge in [-0.15, -0.1) is 0 Å². The Morgan fingerprint density at radius 3 is 2.17 bits per heavy atom. The van der Waals surface area contributed by atoms with Crippen LogP contribution in [0.3, 0.4) is 0 Å². The molecule has 0 heterocycles. The van der Waals surface area contributed by atoms with Crippen molar-refractivity contribution in [2.75, 3.05) is 0 Å². The van der Waals surface area contributed by atoms with E-state index in [9.17, 15) is 0 Å². The minimum atomic E-state index is 0. The zero-order chi connectivity index (χ0) is 8.27. The van der Waals surface area contributed by atoms with Crippen LogP contribution in [0.5, 0.6) is 0 Å². The number of allylic oxidation sites excluding steroid dienone is 7. The molecular weight excluding hydrogens is 311 g/mol. The van der Waals surface area contributed by atoms with Crippen LogP contribution < -0.4 is 0 Å². The first-order chi connectivity index (χ1) is 5.20. The molecular formula is C11H14Hf. The van der Waals surface area contributed by atoms with Crippen LogP contribution >= 0.6 is 0 Å². The van der Waals surface area contributed by atoms with Gasteiger partial charge in [0.05, 0.1) is 0 Å². The molecule has 0 amide bonds. The van der Waals surface area contributed by atoms with Crippen LogP contribution in [0.25, 0.3) is 0 Å². The molecule has 1 heteroatoms. The monoisotopic (exact) mass is 326 g/mol. The van der Waals surface area contributed by atoms with Crippen molar-refractivity contribution in [1.82, 2.24) is 0 Å². The molecule has 1 aliphatic rings. The molecule has 0 atom stereocenters. The standard InChI is InChI=1S/C11H14.Hf/c1-9(2)10(3)8-11-6-4-5-7-11;/h4-8,11H,1H2,2-3H3;. The van der Waals surface area contributed by atoms with Crippen LogP contribution in [0.2, 0.25) is 0 Å². The van der Waals surface area contributed by atoms with Gasteiger partial charge in [-0.2, -0.15) is 0 Å². The second kappa shape index (κ2) is 5.47. The Morgan fingerprint density at radius 2 is 1.75 bits per heavy atom. The predicted octanol–water partition coefficient (Wildman–Crippen LogP) is 3.25. The third kappa shape index (κ3) is 3.49. The van der Waals surface area contributed by atoms with Gasteiger partial charge >= 0.3 is 0 Å². The van der Waals surface area contributed by atoms with Crippen LogP contribution in [-0.2, 0) is 25.8 Å². The molecule has 0 radical (unpaired) electrons. The summed E-state index contributed by atoms with van der Waals surface area (Å²) < 4.78 is 0. The summed E-state index contributed by atoms with van der Waals surface area (Å²) in [5, 5.41) is 0. The molecule has 62 valence electrons. The number of hydrogen-bond donors (Lipinski definition) is 0. The van der Waals surface area contributed by atoms with Gasteiger partial charge in [0, 0.05) is 31.8 Å². The molecule has 12 heavy (non-hydrogen) atoms. The maximum Gasteiger partial charge on any atom is 0.0139 e. The zero-order valence-corrected chi connectivity index (χ0v) is 11.3. The Kier molecular flexibility index (Phi) is 5.39. The Balaban J connectivity index is 0.00000121. The van der Waals surface area contributed by atoms with E-state index in [1.54, 1.807) is 0 Å². The van der Waals surface area contributed by atoms with Gasteiger partial charge in [0.2, 0.25) is 0 Å². The fourth-order valence-corrected chi connectivity index (χ4v) is 0.991. The maximum atomic E-state index is 3.88. The van der Waals surface area contributed by atoms with Gasteiger partial charge in [-0.25, -0.2) is 0 Å². The molecule has 0 aliphatic heterocycles. The molecule has 0 aromatic rings. The molecule has 0 unspecified atom stereocenters. The average Bonchev–Trinajstić information content (AvgIpc) is 2.39. The molecule has 0 spiro atoms. The van der Waals surface area contributed by atoms with E-state index in [0.717, 1.165) is 5.57 Å². The predicted molar refractivity (Wildman–Crippen MR) is 50.3 cm³/mol. The van der Waals surface area contributed by atoms with Crippen molar-refractivity contribution in [3.8, 4) is 0 Å². The molecule has 0 aromatic carbocycles. The van der Waals surface area contributed by atoms with Gasteiger partial charge in [-0.1, -0.05) is 48.1 Å². The van der Waals surface area contributed by atoms with E-state index in [1.807, 2.05) is 6.92 Å². The van der Waals surface area contributed by atoms with Crippen molar-refractivity contribution < 1.29 is 25.8 Å². The number of hydrogen-bond acceptors (Lipinski definition) is 0. The summed E-state index contributed by atoms with van der Waals surface area (Å²) >= 11 is 0. The van der Waals surface area contributed by atoms with Crippen LogP contribution in [0, 0.1) is 5.92 Å². The van der Waals surface area contributed by atoms with Crippen molar-refractivity contribution in [2.24, 2.45) is 5.92 Å². The summed E-state index contributed by atoms with van der Waals surface area (Å²) in [5.74, 6) is 0.492. The summed E-state index contributed by atoms with van der Waals surface area (Å²) in [4.78, 5) is 0. The molecule has 0 fully saturated rings. The first-order valence-electron chi connectivity index (χ1n) is 3.89. The molecule has 0 aromatic heterocycles. The van der Waals surface area contributed by atoms with E-state index in [4.69, 9.17) is 0 Å². The fraction of sp³-hybridized carbons (Fsp3) is 0.273. The molecule has 0 saturated carbocycles. The average molecular weight is 325 g/mol.